The van der Waals surface area contributed by atoms with Crippen LogP contribution in [0.4, 0.5) is 5.00 Å². The van der Waals surface area contributed by atoms with E-state index in [9.17, 15) is 4.79 Å². The third-order valence-corrected chi connectivity index (χ3v) is 4.36. The molecule has 0 unspecified atom stereocenters. The fraction of sp³-hybridized carbons (Fsp3) is 0.188. The van der Waals surface area contributed by atoms with Gasteiger partial charge in [-0.3, -0.25) is 14.7 Å². The van der Waals surface area contributed by atoms with Crippen molar-refractivity contribution in [1.29, 1.82) is 5.26 Å². The van der Waals surface area contributed by atoms with Crippen LogP contribution in [0.1, 0.15) is 16.0 Å². The van der Waals surface area contributed by atoms with Crippen LogP contribution in [-0.4, -0.2) is 24.7 Å². The van der Waals surface area contributed by atoms with Crippen LogP contribution < -0.4 is 4.90 Å². The van der Waals surface area contributed by atoms with Crippen LogP contribution in [0, 0.1) is 18.3 Å². The van der Waals surface area contributed by atoms with Crippen LogP contribution in [0.2, 0.25) is 0 Å². The highest BCUT2D eigenvalue weighted by Gasteiger charge is 2.26. The first-order valence-electron chi connectivity index (χ1n) is 6.58. The van der Waals surface area contributed by atoms with Crippen LogP contribution in [0.5, 0.6) is 0 Å². The molecule has 0 N–H and O–H groups in total. The van der Waals surface area contributed by atoms with Gasteiger partial charge in [-0.15, -0.1) is 11.3 Å². The van der Waals surface area contributed by atoms with Gasteiger partial charge < -0.3 is 0 Å². The van der Waals surface area contributed by atoms with Crippen molar-refractivity contribution in [2.24, 2.45) is 4.99 Å². The van der Waals surface area contributed by atoms with E-state index in [4.69, 9.17) is 5.26 Å². The maximum atomic E-state index is 12.2. The van der Waals surface area contributed by atoms with E-state index in [0.717, 1.165) is 26.7 Å². The number of aryl methyl sites for hydroxylation is 1. The van der Waals surface area contributed by atoms with Gasteiger partial charge >= 0.3 is 0 Å². The zero-order chi connectivity index (χ0) is 14.8. The number of aliphatic imine (C=N–C) groups is 1. The summed E-state index contributed by atoms with van der Waals surface area (Å²) in [6.45, 7) is 2.13. The van der Waals surface area contributed by atoms with Crippen LogP contribution in [-0.2, 0) is 4.79 Å². The number of fused-ring (bicyclic) bond motifs is 1. The number of anilines is 1. The molecule has 5 heteroatoms. The standard InChI is InChI=1S/C16H13N3OS/c1-11-9-13-15(12-5-3-2-4-6-12)18-10-14(20)19(8-7-17)16(13)21-11/h2-6,9H,8,10H2,1H3. The Labute approximate surface area is 127 Å². The molecular formula is C16H13N3OS. The third kappa shape index (κ3) is 2.46. The molecule has 4 nitrogen and oxygen atoms in total. The van der Waals surface area contributed by atoms with E-state index < -0.39 is 0 Å². The lowest BCUT2D eigenvalue weighted by atomic mass is 10.0. The van der Waals surface area contributed by atoms with Gasteiger partial charge in [-0.1, -0.05) is 30.3 Å². The number of carbonyl (C=O) groups is 1. The summed E-state index contributed by atoms with van der Waals surface area (Å²) in [5.74, 6) is -0.134. The maximum Gasteiger partial charge on any atom is 0.250 e. The van der Waals surface area contributed by atoms with E-state index in [0.29, 0.717) is 0 Å². The molecule has 0 saturated heterocycles. The Kier molecular flexibility index (Phi) is 3.55. The molecule has 1 aliphatic rings. The van der Waals surface area contributed by atoms with Gasteiger partial charge in [-0.05, 0) is 13.0 Å². The van der Waals surface area contributed by atoms with Crippen molar-refractivity contribution in [2.75, 3.05) is 18.0 Å². The summed E-state index contributed by atoms with van der Waals surface area (Å²) >= 11 is 1.53. The Morgan fingerprint density at radius 1 is 1.38 bits per heavy atom. The van der Waals surface area contributed by atoms with Crippen molar-refractivity contribution in [2.45, 2.75) is 6.92 Å². The molecule has 0 saturated carbocycles. The molecule has 3 rings (SSSR count). The number of carbonyl (C=O) groups excluding carboxylic acids is 1. The van der Waals surface area contributed by atoms with Gasteiger partial charge in [0.05, 0.1) is 11.8 Å². The van der Waals surface area contributed by atoms with Crippen LogP contribution in [0.3, 0.4) is 0 Å². The first-order valence-corrected chi connectivity index (χ1v) is 7.40. The van der Waals surface area contributed by atoms with E-state index >= 15 is 0 Å². The van der Waals surface area contributed by atoms with E-state index in [-0.39, 0.29) is 19.0 Å². The number of benzene rings is 1. The molecule has 1 aromatic heterocycles. The fourth-order valence-electron chi connectivity index (χ4n) is 2.38. The first kappa shape index (κ1) is 13.5. The monoisotopic (exact) mass is 295 g/mol. The number of nitriles is 1. The smallest absolute Gasteiger partial charge is 0.250 e. The topological polar surface area (TPSA) is 56.5 Å². The number of thiophene rings is 1. The molecule has 0 bridgehead atoms. The van der Waals surface area contributed by atoms with E-state index in [1.165, 1.54) is 16.2 Å². The predicted octanol–water partition coefficient (Wildman–Crippen LogP) is 2.76. The van der Waals surface area contributed by atoms with Crippen molar-refractivity contribution in [3.8, 4) is 6.07 Å². The van der Waals surface area contributed by atoms with Gasteiger partial charge in [0, 0.05) is 16.0 Å². The van der Waals surface area contributed by atoms with Crippen molar-refractivity contribution in [3.05, 3.63) is 52.4 Å². The number of hydrogen-bond acceptors (Lipinski definition) is 4. The highest BCUT2D eigenvalue weighted by atomic mass is 32.1. The lowest BCUT2D eigenvalue weighted by Gasteiger charge is -2.16. The Balaban J connectivity index is 2.17. The average molecular weight is 295 g/mol. The van der Waals surface area contributed by atoms with Crippen LogP contribution >= 0.6 is 11.3 Å². The molecule has 0 atom stereocenters. The minimum atomic E-state index is -0.134. The second-order valence-corrected chi connectivity index (χ2v) is 5.98. The molecule has 104 valence electrons. The Hall–Kier alpha value is -2.45. The Morgan fingerprint density at radius 2 is 2.14 bits per heavy atom. The normalized spacial score (nSPS) is 14.2. The van der Waals surface area contributed by atoms with Gasteiger partial charge in [-0.2, -0.15) is 5.26 Å². The second-order valence-electron chi connectivity index (χ2n) is 4.74. The third-order valence-electron chi connectivity index (χ3n) is 3.29. The lowest BCUT2D eigenvalue weighted by Crippen LogP contribution is -2.32. The van der Waals surface area contributed by atoms with Gasteiger partial charge in [0.25, 0.3) is 0 Å². The molecule has 0 spiro atoms. The molecule has 2 heterocycles. The van der Waals surface area contributed by atoms with Crippen molar-refractivity contribution < 1.29 is 4.79 Å². The molecule has 1 aromatic carbocycles. The SMILES string of the molecule is Cc1cc2c(s1)N(CC#N)C(=O)CN=C2c1ccccc1. The Bertz CT molecular complexity index is 756. The molecule has 1 aliphatic heterocycles. The lowest BCUT2D eigenvalue weighted by molar-refractivity contribution is -0.117. The minimum absolute atomic E-state index is 0.0589. The van der Waals surface area contributed by atoms with Crippen molar-refractivity contribution in [3.63, 3.8) is 0 Å². The summed E-state index contributed by atoms with van der Waals surface area (Å²) in [5, 5.41) is 9.79. The zero-order valence-electron chi connectivity index (χ0n) is 11.5. The highest BCUT2D eigenvalue weighted by Crippen LogP contribution is 2.34. The van der Waals surface area contributed by atoms with Gasteiger partial charge in [0.1, 0.15) is 18.1 Å². The largest absolute Gasteiger partial charge is 0.288 e. The van der Waals surface area contributed by atoms with Crippen LogP contribution in [0.25, 0.3) is 0 Å². The average Bonchev–Trinajstić information content (AvgIpc) is 2.82. The van der Waals surface area contributed by atoms with Gasteiger partial charge in [-0.25, -0.2) is 0 Å². The highest BCUT2D eigenvalue weighted by molar-refractivity contribution is 7.16. The summed E-state index contributed by atoms with van der Waals surface area (Å²) in [4.78, 5) is 19.3. The first-order chi connectivity index (χ1) is 10.2. The maximum absolute atomic E-state index is 12.2. The molecule has 0 aliphatic carbocycles. The molecule has 0 radical (unpaired) electrons. The van der Waals surface area contributed by atoms with Crippen molar-refractivity contribution >= 4 is 28.0 Å². The van der Waals surface area contributed by atoms with Crippen LogP contribution in [0.15, 0.2) is 41.4 Å². The quantitative estimate of drug-likeness (QED) is 0.800. The number of hydrogen-bond donors (Lipinski definition) is 0. The summed E-state index contributed by atoms with van der Waals surface area (Å²) in [6.07, 6.45) is 0. The zero-order valence-corrected chi connectivity index (χ0v) is 12.4. The van der Waals surface area contributed by atoms with Gasteiger partial charge in [0.2, 0.25) is 5.91 Å². The van der Waals surface area contributed by atoms with E-state index in [2.05, 4.69) is 11.1 Å². The number of rotatable bonds is 2. The second kappa shape index (κ2) is 5.51. The molecule has 0 fully saturated rings. The predicted molar refractivity (Wildman–Crippen MR) is 84.0 cm³/mol. The summed E-state index contributed by atoms with van der Waals surface area (Å²) < 4.78 is 0. The molecular weight excluding hydrogens is 282 g/mol. The summed E-state index contributed by atoms with van der Waals surface area (Å²) in [7, 11) is 0. The summed E-state index contributed by atoms with van der Waals surface area (Å²) in [5.41, 5.74) is 2.75. The fourth-order valence-corrected chi connectivity index (χ4v) is 3.40. The van der Waals surface area contributed by atoms with Crippen molar-refractivity contribution in [1.82, 2.24) is 0 Å². The van der Waals surface area contributed by atoms with Gasteiger partial charge in [0.15, 0.2) is 0 Å². The number of nitrogens with zero attached hydrogens (tertiary/aromatic N) is 3. The summed E-state index contributed by atoms with van der Waals surface area (Å²) in [6, 6.07) is 13.9. The molecule has 2 aromatic rings. The minimum Gasteiger partial charge on any atom is -0.288 e. The molecule has 21 heavy (non-hydrogen) atoms. The number of amides is 1. The van der Waals surface area contributed by atoms with E-state index in [1.54, 1.807) is 0 Å². The Morgan fingerprint density at radius 3 is 2.86 bits per heavy atom. The van der Waals surface area contributed by atoms with E-state index in [1.807, 2.05) is 43.3 Å². The molecule has 1 amide bonds.